The lowest BCUT2D eigenvalue weighted by Gasteiger charge is -2.12. The van der Waals surface area contributed by atoms with Crippen LogP contribution in [0.4, 0.5) is 5.69 Å². The number of ether oxygens (including phenoxy) is 1. The molecule has 0 saturated carbocycles. The fourth-order valence-electron chi connectivity index (χ4n) is 3.31. The molecule has 0 aliphatic rings. The van der Waals surface area contributed by atoms with Gasteiger partial charge < -0.3 is 10.1 Å². The molecule has 0 fully saturated rings. The molecule has 34 heavy (non-hydrogen) atoms. The lowest BCUT2D eigenvalue weighted by Crippen LogP contribution is -2.27. The number of carbonyl (C=O) groups is 2. The third-order valence-corrected chi connectivity index (χ3v) is 6.01. The van der Waals surface area contributed by atoms with Crippen LogP contribution in [0.3, 0.4) is 0 Å². The SMILES string of the molecule is CCc1ccc(NC(=O)c2nnc(COC(=O)c3nn(C(C)C)c(=O)c4ccccc34)s2)cc1. The molecule has 174 valence electrons. The molecule has 2 aromatic heterocycles. The van der Waals surface area contributed by atoms with Gasteiger partial charge in [-0.2, -0.15) is 5.10 Å². The lowest BCUT2D eigenvalue weighted by atomic mass is 10.1. The minimum Gasteiger partial charge on any atom is -0.453 e. The van der Waals surface area contributed by atoms with E-state index in [1.165, 1.54) is 10.2 Å². The van der Waals surface area contributed by atoms with Gasteiger partial charge in [0.05, 0.1) is 11.4 Å². The van der Waals surface area contributed by atoms with E-state index in [1.807, 2.05) is 38.1 Å². The van der Waals surface area contributed by atoms with Crippen molar-refractivity contribution >= 4 is 39.7 Å². The summed E-state index contributed by atoms with van der Waals surface area (Å²) in [6.07, 6.45) is 0.913. The van der Waals surface area contributed by atoms with Crippen molar-refractivity contribution in [3.05, 3.63) is 80.2 Å². The summed E-state index contributed by atoms with van der Waals surface area (Å²) in [6, 6.07) is 14.1. The Bertz CT molecular complexity index is 1410. The normalized spacial score (nSPS) is 11.1. The molecular weight excluding hydrogens is 454 g/mol. The minimum absolute atomic E-state index is 0.0434. The predicted octanol–water partition coefficient (Wildman–Crippen LogP) is 4.00. The first-order valence-electron chi connectivity index (χ1n) is 10.8. The molecule has 1 amide bonds. The standard InChI is InChI=1S/C24H23N5O4S/c1-4-15-9-11-16(12-10-15)25-21(30)22-27-26-19(34-22)13-33-24(32)20-17-7-5-6-8-18(17)23(31)29(28-20)14(2)3/h5-12,14H,4,13H2,1-3H3,(H,25,30). The number of nitrogens with zero attached hydrogens (tertiary/aromatic N) is 4. The van der Waals surface area contributed by atoms with Crippen molar-refractivity contribution in [3.63, 3.8) is 0 Å². The number of anilines is 1. The van der Waals surface area contributed by atoms with E-state index in [-0.39, 0.29) is 28.9 Å². The third kappa shape index (κ3) is 4.86. The summed E-state index contributed by atoms with van der Waals surface area (Å²) in [7, 11) is 0. The molecule has 0 unspecified atom stereocenters. The van der Waals surface area contributed by atoms with Crippen LogP contribution in [-0.2, 0) is 17.8 Å². The highest BCUT2D eigenvalue weighted by molar-refractivity contribution is 7.13. The quantitative estimate of drug-likeness (QED) is 0.400. The number of nitrogens with one attached hydrogen (secondary N) is 1. The van der Waals surface area contributed by atoms with Gasteiger partial charge in [-0.25, -0.2) is 9.48 Å². The van der Waals surface area contributed by atoms with Crippen LogP contribution in [-0.4, -0.2) is 31.9 Å². The van der Waals surface area contributed by atoms with Crippen molar-refractivity contribution in [2.75, 3.05) is 5.32 Å². The Kier molecular flexibility index (Phi) is 6.78. The Morgan fingerprint density at radius 1 is 1.06 bits per heavy atom. The van der Waals surface area contributed by atoms with E-state index in [0.717, 1.165) is 17.8 Å². The van der Waals surface area contributed by atoms with Crippen LogP contribution in [0.1, 0.15) is 57.7 Å². The van der Waals surface area contributed by atoms with Gasteiger partial charge in [0.2, 0.25) is 5.01 Å². The third-order valence-electron chi connectivity index (χ3n) is 5.12. The smallest absolute Gasteiger partial charge is 0.359 e. The zero-order valence-corrected chi connectivity index (χ0v) is 19.8. The maximum atomic E-state index is 12.8. The first-order valence-corrected chi connectivity index (χ1v) is 11.6. The number of aryl methyl sites for hydroxylation is 1. The second-order valence-electron chi connectivity index (χ2n) is 7.82. The van der Waals surface area contributed by atoms with Gasteiger partial charge in [-0.05, 0) is 44.0 Å². The van der Waals surface area contributed by atoms with Gasteiger partial charge in [-0.15, -0.1) is 10.2 Å². The molecular formula is C24H23N5O4S. The van der Waals surface area contributed by atoms with E-state index in [4.69, 9.17) is 4.74 Å². The summed E-state index contributed by atoms with van der Waals surface area (Å²) in [5.41, 5.74) is 1.60. The molecule has 0 atom stereocenters. The fourth-order valence-corrected chi connectivity index (χ4v) is 3.96. The van der Waals surface area contributed by atoms with E-state index in [0.29, 0.717) is 21.5 Å². The van der Waals surface area contributed by atoms with Gasteiger partial charge in [0.1, 0.15) is 6.61 Å². The number of hydrogen-bond acceptors (Lipinski definition) is 8. The second-order valence-corrected chi connectivity index (χ2v) is 8.88. The van der Waals surface area contributed by atoms with E-state index < -0.39 is 11.9 Å². The maximum Gasteiger partial charge on any atom is 0.359 e. The van der Waals surface area contributed by atoms with Crippen LogP contribution in [0, 0.1) is 0 Å². The Labute approximate surface area is 199 Å². The summed E-state index contributed by atoms with van der Waals surface area (Å²) in [5.74, 6) is -1.08. The minimum atomic E-state index is -0.692. The van der Waals surface area contributed by atoms with Crippen LogP contribution in [0.15, 0.2) is 53.3 Å². The van der Waals surface area contributed by atoms with Crippen LogP contribution >= 0.6 is 11.3 Å². The summed E-state index contributed by atoms with van der Waals surface area (Å²) < 4.78 is 6.66. The number of carbonyl (C=O) groups excluding carboxylic acids is 2. The molecule has 4 aromatic rings. The van der Waals surface area contributed by atoms with Crippen LogP contribution < -0.4 is 10.9 Å². The van der Waals surface area contributed by atoms with Gasteiger partial charge in [-0.1, -0.05) is 48.6 Å². The average Bonchev–Trinajstić information content (AvgIpc) is 3.32. The summed E-state index contributed by atoms with van der Waals surface area (Å²) in [6.45, 7) is 5.50. The average molecular weight is 478 g/mol. The zero-order chi connectivity index (χ0) is 24.2. The molecule has 0 saturated heterocycles. The largest absolute Gasteiger partial charge is 0.453 e. The van der Waals surface area contributed by atoms with Gasteiger partial charge in [0, 0.05) is 11.1 Å². The number of aromatic nitrogens is 4. The summed E-state index contributed by atoms with van der Waals surface area (Å²) in [4.78, 5) is 37.9. The highest BCUT2D eigenvalue weighted by atomic mass is 32.1. The zero-order valence-electron chi connectivity index (χ0n) is 18.9. The molecule has 4 rings (SSSR count). The van der Waals surface area contributed by atoms with Gasteiger partial charge in [-0.3, -0.25) is 9.59 Å². The maximum absolute atomic E-state index is 12.8. The van der Waals surface area contributed by atoms with Crippen LogP contribution in [0.5, 0.6) is 0 Å². The van der Waals surface area contributed by atoms with Gasteiger partial charge >= 0.3 is 5.97 Å². The Morgan fingerprint density at radius 3 is 2.44 bits per heavy atom. The van der Waals surface area contributed by atoms with E-state index >= 15 is 0 Å². The molecule has 1 N–H and O–H groups in total. The molecule has 2 heterocycles. The van der Waals surface area contributed by atoms with Crippen molar-refractivity contribution < 1.29 is 14.3 Å². The molecule has 0 spiro atoms. The Morgan fingerprint density at radius 2 is 1.76 bits per heavy atom. The monoisotopic (exact) mass is 477 g/mol. The van der Waals surface area contributed by atoms with Gasteiger partial charge in [0.25, 0.3) is 11.5 Å². The van der Waals surface area contributed by atoms with E-state index in [2.05, 4.69) is 27.5 Å². The molecule has 9 nitrogen and oxygen atoms in total. The number of hydrogen-bond donors (Lipinski definition) is 1. The topological polar surface area (TPSA) is 116 Å². The molecule has 0 aliphatic heterocycles. The first kappa shape index (κ1) is 23.2. The predicted molar refractivity (Wildman–Crippen MR) is 129 cm³/mol. The Hall–Kier alpha value is -3.92. The number of rotatable bonds is 7. The summed E-state index contributed by atoms with van der Waals surface area (Å²) in [5, 5.41) is 16.2. The van der Waals surface area contributed by atoms with Gasteiger partial charge in [0.15, 0.2) is 10.7 Å². The number of esters is 1. The van der Waals surface area contributed by atoms with Crippen molar-refractivity contribution in [1.29, 1.82) is 0 Å². The highest BCUT2D eigenvalue weighted by Gasteiger charge is 2.20. The second kappa shape index (κ2) is 9.92. The molecule has 0 bridgehead atoms. The number of amides is 1. The van der Waals surface area contributed by atoms with Crippen molar-refractivity contribution in [3.8, 4) is 0 Å². The molecule has 0 radical (unpaired) electrons. The fraction of sp³-hybridized carbons (Fsp3) is 0.250. The lowest BCUT2D eigenvalue weighted by molar-refractivity contribution is 0.0464. The number of fused-ring (bicyclic) bond motifs is 1. The molecule has 0 aliphatic carbocycles. The molecule has 10 heteroatoms. The van der Waals surface area contributed by atoms with Crippen LogP contribution in [0.25, 0.3) is 10.8 Å². The van der Waals surface area contributed by atoms with Crippen molar-refractivity contribution in [2.45, 2.75) is 39.8 Å². The highest BCUT2D eigenvalue weighted by Crippen LogP contribution is 2.18. The van der Waals surface area contributed by atoms with Crippen LogP contribution in [0.2, 0.25) is 0 Å². The first-order chi connectivity index (χ1) is 16.4. The summed E-state index contributed by atoms with van der Waals surface area (Å²) >= 11 is 1.03. The molecule has 2 aromatic carbocycles. The van der Waals surface area contributed by atoms with E-state index in [1.54, 1.807) is 24.3 Å². The van der Waals surface area contributed by atoms with Crippen molar-refractivity contribution in [2.24, 2.45) is 0 Å². The van der Waals surface area contributed by atoms with E-state index in [9.17, 15) is 14.4 Å². The number of benzene rings is 2. The van der Waals surface area contributed by atoms with Crippen molar-refractivity contribution in [1.82, 2.24) is 20.0 Å². The Balaban J connectivity index is 1.47.